The zero-order valence-corrected chi connectivity index (χ0v) is 15.2. The number of hydrogen-bond acceptors (Lipinski definition) is 1. The van der Waals surface area contributed by atoms with Crippen molar-refractivity contribution < 1.29 is 4.79 Å². The topological polar surface area (TPSA) is 17.1 Å². The van der Waals surface area contributed by atoms with Gasteiger partial charge in [0.05, 0.1) is 0 Å². The molecular formula is C22H34O. The normalized spacial score (nSPS) is 55.9. The number of fused-ring (bicyclic) bond motifs is 5. The van der Waals surface area contributed by atoms with E-state index in [9.17, 15) is 4.79 Å². The fourth-order valence-corrected chi connectivity index (χ4v) is 8.09. The summed E-state index contributed by atoms with van der Waals surface area (Å²) < 4.78 is 0. The van der Waals surface area contributed by atoms with Gasteiger partial charge in [-0.2, -0.15) is 0 Å². The molecule has 0 radical (unpaired) electrons. The second-order valence-corrected chi connectivity index (χ2v) is 10.6. The number of rotatable bonds is 1. The first-order chi connectivity index (χ1) is 11.0. The highest BCUT2D eigenvalue weighted by atomic mass is 16.1. The molecule has 1 heteroatoms. The van der Waals surface area contributed by atoms with Crippen molar-refractivity contribution >= 4 is 5.78 Å². The summed E-state index contributed by atoms with van der Waals surface area (Å²) in [5.41, 5.74) is 1.17. The van der Waals surface area contributed by atoms with Gasteiger partial charge in [0.1, 0.15) is 5.78 Å². The van der Waals surface area contributed by atoms with E-state index in [4.69, 9.17) is 0 Å². The van der Waals surface area contributed by atoms with E-state index in [1.807, 2.05) is 0 Å². The smallest absolute Gasteiger partial charge is 0.136 e. The maximum absolute atomic E-state index is 12.7. The van der Waals surface area contributed by atoms with E-state index < -0.39 is 0 Å². The Kier molecular flexibility index (Phi) is 3.16. The van der Waals surface area contributed by atoms with Crippen LogP contribution in [0.25, 0.3) is 0 Å². The fourth-order valence-electron chi connectivity index (χ4n) is 8.09. The summed E-state index contributed by atoms with van der Waals surface area (Å²) in [7, 11) is 0. The zero-order valence-electron chi connectivity index (χ0n) is 15.2. The lowest BCUT2D eigenvalue weighted by Gasteiger charge is -2.60. The Balaban J connectivity index is 1.45. The van der Waals surface area contributed by atoms with Crippen molar-refractivity contribution in [1.82, 2.24) is 0 Å². The fraction of sp³-hybridized carbons (Fsp3) is 0.955. The Morgan fingerprint density at radius 3 is 2.52 bits per heavy atom. The van der Waals surface area contributed by atoms with E-state index in [0.29, 0.717) is 22.5 Å². The van der Waals surface area contributed by atoms with Crippen LogP contribution >= 0.6 is 0 Å². The molecule has 0 spiro atoms. The van der Waals surface area contributed by atoms with Crippen molar-refractivity contribution in [3.8, 4) is 0 Å². The predicted octanol–water partition coefficient (Wildman–Crippen LogP) is 5.62. The molecule has 5 saturated carbocycles. The Morgan fingerprint density at radius 1 is 0.913 bits per heavy atom. The minimum Gasteiger partial charge on any atom is -0.299 e. The first-order valence-electron chi connectivity index (χ1n) is 10.5. The van der Waals surface area contributed by atoms with Crippen LogP contribution in [-0.4, -0.2) is 5.78 Å². The molecule has 0 aromatic rings. The van der Waals surface area contributed by atoms with Gasteiger partial charge in [-0.3, -0.25) is 4.79 Å². The number of carbonyl (C=O) groups excluding carboxylic acids is 1. The van der Waals surface area contributed by atoms with Crippen LogP contribution in [0.4, 0.5) is 0 Å². The van der Waals surface area contributed by atoms with Crippen molar-refractivity contribution in [2.24, 2.45) is 46.3 Å². The van der Waals surface area contributed by atoms with Gasteiger partial charge in [0.2, 0.25) is 0 Å². The summed E-state index contributed by atoms with van der Waals surface area (Å²) in [5, 5.41) is 0. The Labute approximate surface area is 142 Å². The largest absolute Gasteiger partial charge is 0.299 e. The molecule has 5 aliphatic carbocycles. The minimum absolute atomic E-state index is 0.451. The van der Waals surface area contributed by atoms with Crippen molar-refractivity contribution in [1.29, 1.82) is 0 Å². The minimum atomic E-state index is 0.451. The third-order valence-corrected chi connectivity index (χ3v) is 9.56. The molecule has 0 aromatic carbocycles. The molecule has 5 aliphatic rings. The number of carbonyl (C=O) groups is 1. The molecule has 0 amide bonds. The summed E-state index contributed by atoms with van der Waals surface area (Å²) in [6.45, 7) is 5.22. The number of ketones is 1. The van der Waals surface area contributed by atoms with Crippen LogP contribution in [0.5, 0.6) is 0 Å². The third kappa shape index (κ3) is 2.07. The van der Waals surface area contributed by atoms with Gasteiger partial charge in [0, 0.05) is 12.3 Å². The summed E-state index contributed by atoms with van der Waals surface area (Å²) in [6.07, 6.45) is 15.1. The van der Waals surface area contributed by atoms with Crippen LogP contribution < -0.4 is 0 Å². The highest BCUT2D eigenvalue weighted by molar-refractivity contribution is 5.83. The van der Waals surface area contributed by atoms with E-state index in [1.165, 1.54) is 64.2 Å². The zero-order chi connectivity index (χ0) is 15.8. The molecule has 0 aromatic heterocycles. The summed E-state index contributed by atoms with van der Waals surface area (Å²) >= 11 is 0. The maximum Gasteiger partial charge on any atom is 0.136 e. The van der Waals surface area contributed by atoms with Crippen molar-refractivity contribution in [2.75, 3.05) is 0 Å². The second-order valence-electron chi connectivity index (χ2n) is 10.6. The van der Waals surface area contributed by atoms with Crippen molar-refractivity contribution in [2.45, 2.75) is 84.5 Å². The second kappa shape index (κ2) is 4.85. The lowest BCUT2D eigenvalue weighted by atomic mass is 9.44. The first-order valence-corrected chi connectivity index (χ1v) is 10.5. The van der Waals surface area contributed by atoms with E-state index in [0.717, 1.165) is 36.0 Å². The van der Waals surface area contributed by atoms with Crippen LogP contribution in [0.1, 0.15) is 84.5 Å². The number of Topliss-reactive ketones (excluding diaryl/α,β-unsaturated/α-hetero) is 1. The molecule has 0 saturated heterocycles. The highest BCUT2D eigenvalue weighted by Gasteiger charge is 2.60. The predicted molar refractivity (Wildman–Crippen MR) is 92.9 cm³/mol. The molecule has 23 heavy (non-hydrogen) atoms. The SMILES string of the molecule is C[C@@]12CCC[C@H]1[C@@H]1CCC3CC(=O)[C@H](C4CC4)C[C@]3(C)[C@H]1CC2. The molecule has 5 fully saturated rings. The number of hydrogen-bond donors (Lipinski definition) is 0. The van der Waals surface area contributed by atoms with Gasteiger partial charge in [-0.1, -0.05) is 20.3 Å². The highest BCUT2D eigenvalue weighted by Crippen LogP contribution is 2.67. The Bertz CT molecular complexity index is 520. The van der Waals surface area contributed by atoms with E-state index in [1.54, 1.807) is 0 Å². The maximum atomic E-state index is 12.7. The van der Waals surface area contributed by atoms with Crippen molar-refractivity contribution in [3.05, 3.63) is 0 Å². The van der Waals surface area contributed by atoms with Gasteiger partial charge < -0.3 is 0 Å². The van der Waals surface area contributed by atoms with Gasteiger partial charge in [-0.05, 0) is 98.2 Å². The molecule has 128 valence electrons. The standard InChI is InChI=1S/C22H34O/c1-21-10-3-4-18(21)16-8-7-15-12-20(23)17(14-5-6-14)13-22(15,2)19(16)9-11-21/h14-19H,3-13H2,1-2H3/t15?,16-,17-,18-,19-,21-,22-/m0/s1. The molecule has 0 aliphatic heterocycles. The lowest BCUT2D eigenvalue weighted by Crippen LogP contribution is -2.54. The van der Waals surface area contributed by atoms with Crippen molar-refractivity contribution in [3.63, 3.8) is 0 Å². The van der Waals surface area contributed by atoms with Crippen LogP contribution in [0, 0.1) is 46.3 Å². The average Bonchev–Trinajstić information content (AvgIpc) is 3.28. The van der Waals surface area contributed by atoms with Gasteiger partial charge >= 0.3 is 0 Å². The molecule has 0 heterocycles. The molecule has 0 N–H and O–H groups in total. The Morgan fingerprint density at radius 2 is 1.74 bits per heavy atom. The van der Waals surface area contributed by atoms with E-state index in [-0.39, 0.29) is 0 Å². The van der Waals surface area contributed by atoms with Gasteiger partial charge in [-0.15, -0.1) is 0 Å². The molecule has 5 rings (SSSR count). The van der Waals surface area contributed by atoms with Gasteiger partial charge in [0.15, 0.2) is 0 Å². The monoisotopic (exact) mass is 314 g/mol. The first kappa shape index (κ1) is 15.0. The van der Waals surface area contributed by atoms with E-state index >= 15 is 0 Å². The Hall–Kier alpha value is -0.330. The molecule has 1 nitrogen and oxygen atoms in total. The van der Waals surface area contributed by atoms with Crippen LogP contribution in [0.15, 0.2) is 0 Å². The summed E-state index contributed by atoms with van der Waals surface area (Å²) in [6, 6.07) is 0. The van der Waals surface area contributed by atoms with Gasteiger partial charge in [0.25, 0.3) is 0 Å². The molecule has 1 unspecified atom stereocenters. The summed E-state index contributed by atoms with van der Waals surface area (Å²) in [5.74, 6) is 5.54. The van der Waals surface area contributed by atoms with Crippen LogP contribution in [-0.2, 0) is 4.79 Å². The third-order valence-electron chi connectivity index (χ3n) is 9.56. The van der Waals surface area contributed by atoms with Gasteiger partial charge in [-0.25, -0.2) is 0 Å². The van der Waals surface area contributed by atoms with E-state index in [2.05, 4.69) is 13.8 Å². The molecular weight excluding hydrogens is 280 g/mol. The average molecular weight is 315 g/mol. The molecule has 0 bridgehead atoms. The molecule has 7 atom stereocenters. The lowest BCUT2D eigenvalue weighted by molar-refractivity contribution is -0.147. The van der Waals surface area contributed by atoms with Crippen LogP contribution in [0.3, 0.4) is 0 Å². The van der Waals surface area contributed by atoms with Crippen LogP contribution in [0.2, 0.25) is 0 Å². The quantitative estimate of drug-likeness (QED) is 0.613. The summed E-state index contributed by atoms with van der Waals surface area (Å²) in [4.78, 5) is 12.7.